The number of benzene rings is 1. The minimum absolute atomic E-state index is 0.0541. The summed E-state index contributed by atoms with van der Waals surface area (Å²) in [5, 5.41) is 2.33. The van der Waals surface area contributed by atoms with E-state index in [1.807, 2.05) is 0 Å². The van der Waals surface area contributed by atoms with E-state index >= 15 is 0 Å². The number of hydrogen-bond donors (Lipinski definition) is 1. The number of carbonyl (C=O) groups excluding carboxylic acids is 1. The summed E-state index contributed by atoms with van der Waals surface area (Å²) in [5.41, 5.74) is 0. The maximum Gasteiger partial charge on any atom is 0.258 e. The van der Waals surface area contributed by atoms with Gasteiger partial charge in [0.25, 0.3) is 5.91 Å². The van der Waals surface area contributed by atoms with E-state index < -0.39 is 11.7 Å². The lowest BCUT2D eigenvalue weighted by Crippen LogP contribution is -2.29. The molecule has 0 aromatic heterocycles. The van der Waals surface area contributed by atoms with Gasteiger partial charge in [-0.3, -0.25) is 4.79 Å². The van der Waals surface area contributed by atoms with Gasteiger partial charge >= 0.3 is 0 Å². The highest BCUT2D eigenvalue weighted by molar-refractivity contribution is 6.30. The second-order valence-corrected chi connectivity index (χ2v) is 3.23. The van der Waals surface area contributed by atoms with Crippen molar-refractivity contribution in [3.63, 3.8) is 0 Å². The predicted molar refractivity (Wildman–Crippen MR) is 58.7 cm³/mol. The third kappa shape index (κ3) is 3.44. The Morgan fingerprint density at radius 2 is 2.38 bits per heavy atom. The molecule has 3 nitrogen and oxygen atoms in total. The SMILES string of the molecule is C#CCNC(=O)COc1cccc(Cl)c1F. The van der Waals surface area contributed by atoms with E-state index in [9.17, 15) is 9.18 Å². The van der Waals surface area contributed by atoms with Crippen molar-refractivity contribution in [2.45, 2.75) is 0 Å². The highest BCUT2D eigenvalue weighted by Crippen LogP contribution is 2.23. The Morgan fingerprint density at radius 3 is 3.06 bits per heavy atom. The molecule has 5 heteroatoms. The average molecular weight is 242 g/mol. The molecule has 1 N–H and O–H groups in total. The first kappa shape index (κ1) is 12.3. The number of nitrogens with one attached hydrogen (secondary N) is 1. The number of amides is 1. The summed E-state index contributed by atoms with van der Waals surface area (Å²) in [7, 11) is 0. The molecule has 0 spiro atoms. The van der Waals surface area contributed by atoms with E-state index in [1.165, 1.54) is 18.2 Å². The molecule has 0 heterocycles. The minimum atomic E-state index is -0.686. The zero-order chi connectivity index (χ0) is 12.0. The van der Waals surface area contributed by atoms with Crippen LogP contribution in [0.25, 0.3) is 0 Å². The van der Waals surface area contributed by atoms with Crippen LogP contribution in [0.4, 0.5) is 4.39 Å². The van der Waals surface area contributed by atoms with Crippen molar-refractivity contribution in [1.82, 2.24) is 5.32 Å². The van der Waals surface area contributed by atoms with Gasteiger partial charge in [-0.05, 0) is 12.1 Å². The molecule has 0 saturated carbocycles. The molecule has 0 fully saturated rings. The van der Waals surface area contributed by atoms with Crippen molar-refractivity contribution < 1.29 is 13.9 Å². The lowest BCUT2D eigenvalue weighted by molar-refractivity contribution is -0.122. The highest BCUT2D eigenvalue weighted by Gasteiger charge is 2.08. The van der Waals surface area contributed by atoms with Crippen LogP contribution < -0.4 is 10.1 Å². The smallest absolute Gasteiger partial charge is 0.258 e. The standard InChI is InChI=1S/C11H9ClFNO2/c1-2-6-14-10(15)7-16-9-5-3-4-8(12)11(9)13/h1,3-5H,6-7H2,(H,14,15). The predicted octanol–water partition coefficient (Wildman–Crippen LogP) is 1.61. The van der Waals surface area contributed by atoms with Crippen LogP contribution in [0.15, 0.2) is 18.2 Å². The van der Waals surface area contributed by atoms with Crippen LogP contribution in [0.2, 0.25) is 5.02 Å². The number of rotatable bonds is 4. The van der Waals surface area contributed by atoms with Gasteiger partial charge in [-0.15, -0.1) is 6.42 Å². The Morgan fingerprint density at radius 1 is 1.62 bits per heavy atom. The maximum absolute atomic E-state index is 13.3. The van der Waals surface area contributed by atoms with Gasteiger partial charge in [-0.1, -0.05) is 23.6 Å². The third-order valence-corrected chi connectivity index (χ3v) is 1.95. The molecule has 16 heavy (non-hydrogen) atoms. The minimum Gasteiger partial charge on any atom is -0.481 e. The third-order valence-electron chi connectivity index (χ3n) is 1.66. The van der Waals surface area contributed by atoms with Crippen LogP contribution in [0.3, 0.4) is 0 Å². The van der Waals surface area contributed by atoms with E-state index in [-0.39, 0.29) is 23.9 Å². The Bertz CT molecular complexity index is 428. The van der Waals surface area contributed by atoms with Gasteiger partial charge in [-0.2, -0.15) is 0 Å². The monoisotopic (exact) mass is 241 g/mol. The van der Waals surface area contributed by atoms with Crippen LogP contribution >= 0.6 is 11.6 Å². The summed E-state index contributed by atoms with van der Waals surface area (Å²) in [6.45, 7) is -0.195. The van der Waals surface area contributed by atoms with E-state index in [4.69, 9.17) is 22.8 Å². The lowest BCUT2D eigenvalue weighted by atomic mass is 10.3. The van der Waals surface area contributed by atoms with Crippen molar-refractivity contribution >= 4 is 17.5 Å². The van der Waals surface area contributed by atoms with Crippen molar-refractivity contribution in [1.29, 1.82) is 0 Å². The number of halogens is 2. The quantitative estimate of drug-likeness (QED) is 0.814. The largest absolute Gasteiger partial charge is 0.481 e. The summed E-state index contributed by atoms with van der Waals surface area (Å²) in [5.74, 6) is 1.06. The molecule has 0 aliphatic carbocycles. The topological polar surface area (TPSA) is 38.3 Å². The summed E-state index contributed by atoms with van der Waals surface area (Å²) in [4.78, 5) is 11.1. The van der Waals surface area contributed by atoms with Crippen molar-refractivity contribution in [3.8, 4) is 18.1 Å². The van der Waals surface area contributed by atoms with Crippen LogP contribution in [-0.2, 0) is 4.79 Å². The fourth-order valence-electron chi connectivity index (χ4n) is 0.939. The van der Waals surface area contributed by atoms with Gasteiger partial charge in [-0.25, -0.2) is 4.39 Å². The lowest BCUT2D eigenvalue weighted by Gasteiger charge is -2.07. The van der Waals surface area contributed by atoms with Gasteiger partial charge in [0.15, 0.2) is 18.2 Å². The molecule has 0 radical (unpaired) electrons. The van der Waals surface area contributed by atoms with E-state index in [2.05, 4.69) is 11.2 Å². The maximum atomic E-state index is 13.3. The molecule has 0 saturated heterocycles. The van der Waals surface area contributed by atoms with Crippen LogP contribution in [0.1, 0.15) is 0 Å². The first-order valence-electron chi connectivity index (χ1n) is 4.42. The van der Waals surface area contributed by atoms with Crippen LogP contribution in [-0.4, -0.2) is 19.1 Å². The Hall–Kier alpha value is -1.73. The Kier molecular flexibility index (Phi) is 4.62. The molecule has 0 atom stereocenters. The summed E-state index contributed by atoms with van der Waals surface area (Å²) in [6.07, 6.45) is 4.95. The highest BCUT2D eigenvalue weighted by atomic mass is 35.5. The molecule has 84 valence electrons. The molecule has 1 aromatic rings. The number of hydrogen-bond acceptors (Lipinski definition) is 2. The van der Waals surface area contributed by atoms with Crippen molar-refractivity contribution in [3.05, 3.63) is 29.0 Å². The van der Waals surface area contributed by atoms with Gasteiger partial charge in [0.1, 0.15) is 0 Å². The number of carbonyl (C=O) groups is 1. The Labute approximate surface area is 97.5 Å². The summed E-state index contributed by atoms with van der Waals surface area (Å²) < 4.78 is 18.2. The van der Waals surface area contributed by atoms with Gasteiger partial charge in [0, 0.05) is 0 Å². The van der Waals surface area contributed by atoms with Gasteiger partial charge in [0.05, 0.1) is 11.6 Å². The van der Waals surface area contributed by atoms with Crippen molar-refractivity contribution in [2.24, 2.45) is 0 Å². The first-order valence-corrected chi connectivity index (χ1v) is 4.80. The van der Waals surface area contributed by atoms with Gasteiger partial charge in [0.2, 0.25) is 0 Å². The fourth-order valence-corrected chi connectivity index (χ4v) is 1.11. The van der Waals surface area contributed by atoms with E-state index in [0.29, 0.717) is 0 Å². The van der Waals surface area contributed by atoms with Crippen molar-refractivity contribution in [2.75, 3.05) is 13.2 Å². The van der Waals surface area contributed by atoms with Crippen LogP contribution in [0.5, 0.6) is 5.75 Å². The zero-order valence-corrected chi connectivity index (χ0v) is 9.05. The van der Waals surface area contributed by atoms with E-state index in [1.54, 1.807) is 0 Å². The normalized spacial score (nSPS) is 9.31. The molecule has 1 aromatic carbocycles. The molecule has 0 unspecified atom stereocenters. The molecule has 0 aliphatic heterocycles. The molecular weight excluding hydrogens is 233 g/mol. The molecule has 1 amide bonds. The average Bonchev–Trinajstić information content (AvgIpc) is 2.28. The van der Waals surface area contributed by atoms with E-state index in [0.717, 1.165) is 0 Å². The van der Waals surface area contributed by atoms with Gasteiger partial charge < -0.3 is 10.1 Å². The first-order chi connectivity index (χ1) is 7.65. The second-order valence-electron chi connectivity index (χ2n) is 2.82. The molecular formula is C11H9ClFNO2. The fraction of sp³-hybridized carbons (Fsp3) is 0.182. The Balaban J connectivity index is 2.52. The number of terminal acetylenes is 1. The number of ether oxygens (including phenoxy) is 1. The zero-order valence-electron chi connectivity index (χ0n) is 8.30. The van der Waals surface area contributed by atoms with Crippen LogP contribution in [0, 0.1) is 18.2 Å². The summed E-state index contributed by atoms with van der Waals surface area (Å²) >= 11 is 5.53. The summed E-state index contributed by atoms with van der Waals surface area (Å²) in [6, 6.07) is 4.30. The molecule has 0 aliphatic rings. The molecule has 0 bridgehead atoms. The second kappa shape index (κ2) is 5.99. The molecule has 1 rings (SSSR count).